The van der Waals surface area contributed by atoms with Crippen LogP contribution < -0.4 is 20.3 Å². The minimum atomic E-state index is -2.87. The van der Waals surface area contributed by atoms with Gasteiger partial charge in [-0.15, -0.1) is 0 Å². The average molecular weight is 731 g/mol. The Bertz CT molecular complexity index is 1890. The molecule has 0 radical (unpaired) electrons. The molecule has 0 atom stereocenters. The second-order valence-corrected chi connectivity index (χ2v) is 16.2. The van der Waals surface area contributed by atoms with Crippen LogP contribution in [0, 0.1) is 6.92 Å². The van der Waals surface area contributed by atoms with Gasteiger partial charge in [-0.1, -0.05) is 11.6 Å². The standard InChI is InChI=1S/C17H21O5PS.C14H16ClO5PS/c1-3-19-23(24,20-4-2)22-12-9-10-14-13-7-5-6-8-15(13)17(18)21-16(14)11-12;1-4-17-21(22,18-5-2)20-10-6-7-11-9(3)13(15)14(16)19-12(11)8-10/h9-11H,3-8H2,1-2H3;6-8H,4-5H2,1-3H3. The fourth-order valence-corrected chi connectivity index (χ4v) is 9.21. The maximum atomic E-state index is 12.2. The van der Waals surface area contributed by atoms with E-state index in [1.807, 2.05) is 39.8 Å². The molecule has 4 aromatic rings. The van der Waals surface area contributed by atoms with Gasteiger partial charge in [-0.3, -0.25) is 18.1 Å². The Morgan fingerprint density at radius 1 is 0.696 bits per heavy atom. The normalized spacial score (nSPS) is 13.3. The Hall–Kier alpha value is -2.11. The zero-order chi connectivity index (χ0) is 33.5. The average Bonchev–Trinajstić information content (AvgIpc) is 3.00. The van der Waals surface area contributed by atoms with Crippen LogP contribution in [0.1, 0.15) is 57.2 Å². The van der Waals surface area contributed by atoms with E-state index in [2.05, 4.69) is 0 Å². The van der Waals surface area contributed by atoms with Gasteiger partial charge in [0.2, 0.25) is 0 Å². The molecule has 1 aliphatic carbocycles. The molecule has 250 valence electrons. The molecule has 0 unspecified atom stereocenters. The lowest BCUT2D eigenvalue weighted by Gasteiger charge is -2.21. The number of rotatable bonds is 12. The molecule has 0 N–H and O–H groups in total. The molecule has 0 aliphatic heterocycles. The van der Waals surface area contributed by atoms with Crippen molar-refractivity contribution in [2.45, 2.75) is 60.3 Å². The van der Waals surface area contributed by atoms with E-state index in [1.165, 1.54) is 0 Å². The second-order valence-electron chi connectivity index (χ2n) is 9.95. The zero-order valence-electron chi connectivity index (χ0n) is 26.3. The van der Waals surface area contributed by atoms with Crippen molar-refractivity contribution >= 4 is 70.6 Å². The summed E-state index contributed by atoms with van der Waals surface area (Å²) in [6.45, 7) is 4.95. The highest BCUT2D eigenvalue weighted by Gasteiger charge is 2.24. The summed E-state index contributed by atoms with van der Waals surface area (Å²) in [5, 5.41) is 1.78. The quantitative estimate of drug-likeness (QED) is 0.102. The first-order chi connectivity index (χ1) is 22.0. The molecule has 0 amide bonds. The molecule has 0 saturated heterocycles. The highest BCUT2D eigenvalue weighted by molar-refractivity contribution is 8.08. The van der Waals surface area contributed by atoms with Crippen LogP contribution in [0.3, 0.4) is 0 Å². The molecule has 0 saturated carbocycles. The number of aryl methyl sites for hydroxylation is 2. The van der Waals surface area contributed by atoms with Gasteiger partial charge in [0.25, 0.3) is 0 Å². The first-order valence-corrected chi connectivity index (χ1v) is 20.4. The van der Waals surface area contributed by atoms with E-state index >= 15 is 0 Å². The van der Waals surface area contributed by atoms with E-state index in [4.69, 9.17) is 71.2 Å². The number of fused-ring (bicyclic) bond motifs is 4. The molecular weight excluding hydrogens is 694 g/mol. The van der Waals surface area contributed by atoms with Gasteiger partial charge in [-0.05, 0) is 95.7 Å². The molecule has 15 heteroatoms. The van der Waals surface area contributed by atoms with Crippen molar-refractivity contribution in [3.05, 3.63) is 79.0 Å². The molecule has 10 nitrogen and oxygen atoms in total. The second kappa shape index (κ2) is 16.3. The van der Waals surface area contributed by atoms with Crippen LogP contribution in [0.5, 0.6) is 11.5 Å². The summed E-state index contributed by atoms with van der Waals surface area (Å²) in [5.74, 6) is 0.911. The maximum absolute atomic E-state index is 12.2. The first kappa shape index (κ1) is 36.7. The smallest absolute Gasteiger partial charge is 0.380 e. The van der Waals surface area contributed by atoms with Crippen LogP contribution in [-0.4, -0.2) is 26.4 Å². The number of hydrogen-bond donors (Lipinski definition) is 0. The third-order valence-corrected chi connectivity index (χ3v) is 12.2. The van der Waals surface area contributed by atoms with Crippen LogP contribution in [0.2, 0.25) is 5.02 Å². The highest BCUT2D eigenvalue weighted by Crippen LogP contribution is 2.51. The van der Waals surface area contributed by atoms with Gasteiger partial charge in [0.1, 0.15) is 27.7 Å². The molecule has 0 bridgehead atoms. The predicted octanol–water partition coefficient (Wildman–Crippen LogP) is 8.78. The summed E-state index contributed by atoms with van der Waals surface area (Å²) in [7, 11) is 0. The van der Waals surface area contributed by atoms with E-state index < -0.39 is 19.1 Å². The molecule has 0 spiro atoms. The zero-order valence-corrected chi connectivity index (χ0v) is 30.5. The van der Waals surface area contributed by atoms with Crippen molar-refractivity contribution in [2.24, 2.45) is 0 Å². The minimum absolute atomic E-state index is 0.0786. The Morgan fingerprint density at radius 2 is 1.13 bits per heavy atom. The lowest BCUT2D eigenvalue weighted by molar-refractivity contribution is 0.217. The van der Waals surface area contributed by atoms with Gasteiger partial charge >= 0.3 is 24.7 Å². The fourth-order valence-electron chi connectivity index (χ4n) is 4.92. The molecule has 2 aromatic carbocycles. The topological polar surface area (TPSA) is 116 Å². The van der Waals surface area contributed by atoms with Crippen molar-refractivity contribution in [1.29, 1.82) is 0 Å². The molecular formula is C31H37ClO10P2S2. The largest absolute Gasteiger partial charge is 0.424 e. The Balaban J connectivity index is 0.000000210. The van der Waals surface area contributed by atoms with Crippen molar-refractivity contribution in [1.82, 2.24) is 0 Å². The molecule has 46 heavy (non-hydrogen) atoms. The van der Waals surface area contributed by atoms with Crippen LogP contribution in [0.25, 0.3) is 21.9 Å². The van der Waals surface area contributed by atoms with Crippen molar-refractivity contribution in [3.63, 3.8) is 0 Å². The van der Waals surface area contributed by atoms with E-state index in [1.54, 1.807) is 31.2 Å². The third kappa shape index (κ3) is 8.86. The fraction of sp³-hybridized carbons (Fsp3) is 0.419. The first-order valence-electron chi connectivity index (χ1n) is 14.9. The van der Waals surface area contributed by atoms with Gasteiger partial charge in [0, 0.05) is 52.1 Å². The summed E-state index contributed by atoms with van der Waals surface area (Å²) in [6, 6.07) is 10.5. The highest BCUT2D eigenvalue weighted by atomic mass is 35.5. The summed E-state index contributed by atoms with van der Waals surface area (Å²) in [5.41, 5.74) is 2.64. The van der Waals surface area contributed by atoms with Crippen LogP contribution in [0.15, 0.2) is 54.8 Å². The van der Waals surface area contributed by atoms with Crippen molar-refractivity contribution in [2.75, 3.05) is 26.4 Å². The molecule has 1 aliphatic rings. The Labute approximate surface area is 282 Å². The summed E-state index contributed by atoms with van der Waals surface area (Å²) < 4.78 is 44.0. The monoisotopic (exact) mass is 730 g/mol. The summed E-state index contributed by atoms with van der Waals surface area (Å²) >= 11 is 16.6. The SMILES string of the molecule is CCOP(=S)(OCC)Oc1ccc2c(C)c(Cl)c(=O)oc2c1.CCOP(=S)(OCC)Oc1ccc2c3c(c(=O)oc2c1)CCCC3. The van der Waals surface area contributed by atoms with Crippen molar-refractivity contribution in [3.8, 4) is 11.5 Å². The van der Waals surface area contributed by atoms with Gasteiger partial charge in [0.05, 0.1) is 26.4 Å². The molecule has 2 heterocycles. The van der Waals surface area contributed by atoms with E-state index in [0.717, 1.165) is 47.6 Å². The van der Waals surface area contributed by atoms with Crippen LogP contribution in [-0.2, 0) is 54.6 Å². The molecule has 2 aromatic heterocycles. The van der Waals surface area contributed by atoms with Gasteiger partial charge in [0.15, 0.2) is 0 Å². The summed E-state index contributed by atoms with van der Waals surface area (Å²) in [6.07, 6.45) is 3.84. The van der Waals surface area contributed by atoms with Gasteiger partial charge in [-0.25, -0.2) is 9.59 Å². The lowest BCUT2D eigenvalue weighted by atomic mass is 9.91. The number of benzene rings is 2. The number of halogens is 1. The minimum Gasteiger partial charge on any atom is -0.424 e. The van der Waals surface area contributed by atoms with Crippen molar-refractivity contribution < 1.29 is 36.0 Å². The van der Waals surface area contributed by atoms with E-state index in [0.29, 0.717) is 54.7 Å². The third-order valence-electron chi connectivity index (χ3n) is 6.85. The van der Waals surface area contributed by atoms with Gasteiger partial charge < -0.3 is 17.9 Å². The van der Waals surface area contributed by atoms with E-state index in [-0.39, 0.29) is 10.6 Å². The van der Waals surface area contributed by atoms with Crippen LogP contribution >= 0.6 is 25.0 Å². The van der Waals surface area contributed by atoms with E-state index in [9.17, 15) is 9.59 Å². The Kier molecular flexibility index (Phi) is 13.0. The number of hydrogen-bond acceptors (Lipinski definition) is 12. The summed E-state index contributed by atoms with van der Waals surface area (Å²) in [4.78, 5) is 23.9. The molecule has 0 fully saturated rings. The predicted molar refractivity (Wildman–Crippen MR) is 188 cm³/mol. The van der Waals surface area contributed by atoms with Crippen LogP contribution in [0.4, 0.5) is 0 Å². The Morgan fingerprint density at radius 3 is 1.63 bits per heavy atom. The maximum Gasteiger partial charge on any atom is 0.380 e. The molecule has 5 rings (SSSR count). The lowest BCUT2D eigenvalue weighted by Crippen LogP contribution is -2.15. The van der Waals surface area contributed by atoms with Gasteiger partial charge in [-0.2, -0.15) is 0 Å².